The molecule has 0 radical (unpaired) electrons. The van der Waals surface area contributed by atoms with Gasteiger partial charge in [-0.2, -0.15) is 0 Å². The molecule has 20 heavy (non-hydrogen) atoms. The van der Waals surface area contributed by atoms with Gasteiger partial charge in [-0.05, 0) is 39.2 Å². The lowest BCUT2D eigenvalue weighted by atomic mass is 10.1. The van der Waals surface area contributed by atoms with Crippen molar-refractivity contribution in [3.05, 3.63) is 35.9 Å². The van der Waals surface area contributed by atoms with Crippen molar-refractivity contribution in [2.45, 2.75) is 44.4 Å². The first-order valence-corrected chi connectivity index (χ1v) is 7.90. The van der Waals surface area contributed by atoms with Gasteiger partial charge in [0, 0.05) is 0 Å². The van der Waals surface area contributed by atoms with E-state index in [2.05, 4.69) is 4.72 Å². The molecule has 0 aliphatic rings. The number of nitrogens with one attached hydrogen (secondary N) is 1. The summed E-state index contributed by atoms with van der Waals surface area (Å²) in [6, 6.07) is 8.27. The number of carboxylic acids is 1. The highest BCUT2D eigenvalue weighted by atomic mass is 32.2. The summed E-state index contributed by atoms with van der Waals surface area (Å²) in [5, 5.41) is 9.15. The first kappa shape index (κ1) is 16.7. The van der Waals surface area contributed by atoms with Gasteiger partial charge in [0.2, 0.25) is 10.0 Å². The Hall–Kier alpha value is -1.40. The van der Waals surface area contributed by atoms with Crippen molar-refractivity contribution in [1.29, 1.82) is 0 Å². The quantitative estimate of drug-likeness (QED) is 0.839. The highest BCUT2D eigenvalue weighted by molar-refractivity contribution is 7.90. The van der Waals surface area contributed by atoms with E-state index < -0.39 is 26.8 Å². The molecule has 5 nitrogen and oxygen atoms in total. The molecule has 1 unspecified atom stereocenters. The predicted octanol–water partition coefficient (Wildman–Crippen LogP) is 1.79. The van der Waals surface area contributed by atoms with Crippen molar-refractivity contribution >= 4 is 16.0 Å². The molecule has 0 spiro atoms. The highest BCUT2D eigenvalue weighted by Crippen LogP contribution is 2.15. The van der Waals surface area contributed by atoms with E-state index in [0.29, 0.717) is 6.42 Å². The van der Waals surface area contributed by atoms with Crippen LogP contribution in [0.4, 0.5) is 0 Å². The van der Waals surface area contributed by atoms with Crippen LogP contribution in [0.3, 0.4) is 0 Å². The van der Waals surface area contributed by atoms with E-state index in [1.165, 1.54) is 20.8 Å². The molecule has 1 aromatic rings. The zero-order chi connectivity index (χ0) is 15.4. The molecule has 2 N–H and O–H groups in total. The van der Waals surface area contributed by atoms with Gasteiger partial charge >= 0.3 is 5.97 Å². The predicted molar refractivity (Wildman–Crippen MR) is 78.0 cm³/mol. The van der Waals surface area contributed by atoms with E-state index in [1.807, 2.05) is 30.3 Å². The van der Waals surface area contributed by atoms with Gasteiger partial charge < -0.3 is 5.11 Å². The zero-order valence-corrected chi connectivity index (χ0v) is 12.8. The van der Waals surface area contributed by atoms with E-state index in [-0.39, 0.29) is 6.42 Å². The second-order valence-corrected chi connectivity index (χ2v) is 8.12. The minimum atomic E-state index is -3.68. The first-order valence-electron chi connectivity index (χ1n) is 6.42. The third kappa shape index (κ3) is 4.61. The van der Waals surface area contributed by atoms with Gasteiger partial charge in [0.15, 0.2) is 0 Å². The Morgan fingerprint density at radius 1 is 1.25 bits per heavy atom. The molecule has 0 amide bonds. The van der Waals surface area contributed by atoms with Crippen molar-refractivity contribution in [2.75, 3.05) is 0 Å². The Kier molecular flexibility index (Phi) is 5.30. The van der Waals surface area contributed by atoms with E-state index in [1.54, 1.807) is 0 Å². The van der Waals surface area contributed by atoms with Gasteiger partial charge in [-0.15, -0.1) is 0 Å². The average Bonchev–Trinajstić information content (AvgIpc) is 2.34. The number of benzene rings is 1. The molecule has 6 heteroatoms. The Morgan fingerprint density at radius 2 is 1.80 bits per heavy atom. The van der Waals surface area contributed by atoms with Crippen molar-refractivity contribution < 1.29 is 18.3 Å². The van der Waals surface area contributed by atoms with Crippen LogP contribution < -0.4 is 4.72 Å². The number of carbonyl (C=O) groups is 1. The Balaban J connectivity index is 2.74. The summed E-state index contributed by atoms with van der Waals surface area (Å²) >= 11 is 0. The van der Waals surface area contributed by atoms with Crippen molar-refractivity contribution in [1.82, 2.24) is 4.72 Å². The number of aryl methyl sites for hydroxylation is 1. The van der Waals surface area contributed by atoms with Crippen LogP contribution in [-0.2, 0) is 21.2 Å². The smallest absolute Gasteiger partial charge is 0.321 e. The summed E-state index contributed by atoms with van der Waals surface area (Å²) < 4.78 is 25.2. The van der Waals surface area contributed by atoms with Crippen LogP contribution in [0.15, 0.2) is 30.3 Å². The standard InChI is InChI=1S/C14H21NO4S/c1-14(2,3)20(18,19)15-12(13(16)17)10-9-11-7-5-4-6-8-11/h4-8,12,15H,9-10H2,1-3H3,(H,16,17). The zero-order valence-electron chi connectivity index (χ0n) is 12.0. The molecule has 0 saturated carbocycles. The first-order chi connectivity index (χ1) is 9.13. The lowest BCUT2D eigenvalue weighted by Gasteiger charge is -2.23. The molecule has 1 rings (SSSR count). The van der Waals surface area contributed by atoms with Crippen LogP contribution in [0.25, 0.3) is 0 Å². The van der Waals surface area contributed by atoms with Gasteiger partial charge in [0.05, 0.1) is 4.75 Å². The van der Waals surface area contributed by atoms with Crippen molar-refractivity contribution in [3.8, 4) is 0 Å². The average molecular weight is 299 g/mol. The molecule has 0 aromatic heterocycles. The number of aliphatic carboxylic acids is 1. The third-order valence-corrected chi connectivity index (χ3v) is 5.17. The SMILES string of the molecule is CC(C)(C)S(=O)(=O)NC(CCc1ccccc1)C(=O)O. The monoisotopic (exact) mass is 299 g/mol. The number of hydrogen-bond acceptors (Lipinski definition) is 3. The maximum absolute atomic E-state index is 12.0. The van der Waals surface area contributed by atoms with Crippen LogP contribution in [0.1, 0.15) is 32.8 Å². The molecule has 0 fully saturated rings. The number of hydrogen-bond donors (Lipinski definition) is 2. The fraction of sp³-hybridized carbons (Fsp3) is 0.500. The molecule has 0 heterocycles. The summed E-state index contributed by atoms with van der Waals surface area (Å²) in [5.41, 5.74) is 0.980. The molecule has 112 valence electrons. The van der Waals surface area contributed by atoms with Crippen LogP contribution in [0, 0.1) is 0 Å². The minimum Gasteiger partial charge on any atom is -0.480 e. The lowest BCUT2D eigenvalue weighted by Crippen LogP contribution is -2.48. The summed E-state index contributed by atoms with van der Waals surface area (Å²) in [6.07, 6.45) is 0.721. The van der Waals surface area contributed by atoms with Crippen LogP contribution in [-0.4, -0.2) is 30.3 Å². The third-order valence-electron chi connectivity index (χ3n) is 2.97. The topological polar surface area (TPSA) is 83.5 Å². The largest absolute Gasteiger partial charge is 0.480 e. The molecule has 0 aliphatic heterocycles. The lowest BCUT2D eigenvalue weighted by molar-refractivity contribution is -0.139. The van der Waals surface area contributed by atoms with E-state index >= 15 is 0 Å². The molecule has 0 saturated heterocycles. The Bertz CT molecular complexity index is 546. The van der Waals surface area contributed by atoms with Crippen LogP contribution >= 0.6 is 0 Å². The number of rotatable bonds is 6. The van der Waals surface area contributed by atoms with Crippen molar-refractivity contribution in [2.24, 2.45) is 0 Å². The summed E-state index contributed by atoms with van der Waals surface area (Å²) in [6.45, 7) is 4.60. The highest BCUT2D eigenvalue weighted by Gasteiger charge is 2.33. The number of sulfonamides is 1. The normalized spacial score (nSPS) is 13.9. The molecule has 1 atom stereocenters. The van der Waals surface area contributed by atoms with Gasteiger partial charge in [-0.25, -0.2) is 13.1 Å². The second kappa shape index (κ2) is 6.37. The maximum atomic E-state index is 12.0. The van der Waals surface area contributed by atoms with E-state index in [4.69, 9.17) is 5.11 Å². The molecule has 0 bridgehead atoms. The van der Waals surface area contributed by atoms with E-state index in [0.717, 1.165) is 5.56 Å². The molecular formula is C14H21NO4S. The Labute approximate surface area is 120 Å². The minimum absolute atomic E-state index is 0.217. The Morgan fingerprint density at radius 3 is 2.25 bits per heavy atom. The fourth-order valence-electron chi connectivity index (χ4n) is 1.55. The fourth-order valence-corrected chi connectivity index (χ4v) is 2.50. The van der Waals surface area contributed by atoms with Gasteiger partial charge in [-0.3, -0.25) is 4.79 Å². The summed E-state index contributed by atoms with van der Waals surface area (Å²) in [4.78, 5) is 11.2. The molecular weight excluding hydrogens is 278 g/mol. The van der Waals surface area contributed by atoms with E-state index in [9.17, 15) is 13.2 Å². The number of carboxylic acid groups (broad SMARTS) is 1. The van der Waals surface area contributed by atoms with Gasteiger partial charge in [0.25, 0.3) is 0 Å². The van der Waals surface area contributed by atoms with Gasteiger partial charge in [0.1, 0.15) is 6.04 Å². The summed E-state index contributed by atoms with van der Waals surface area (Å²) in [7, 11) is -3.68. The van der Waals surface area contributed by atoms with Crippen LogP contribution in [0.5, 0.6) is 0 Å². The molecule has 0 aliphatic carbocycles. The van der Waals surface area contributed by atoms with Gasteiger partial charge in [-0.1, -0.05) is 30.3 Å². The van der Waals surface area contributed by atoms with Crippen LogP contribution in [0.2, 0.25) is 0 Å². The second-order valence-electron chi connectivity index (χ2n) is 5.65. The summed E-state index contributed by atoms with van der Waals surface area (Å²) in [5.74, 6) is -1.16. The van der Waals surface area contributed by atoms with Crippen molar-refractivity contribution in [3.63, 3.8) is 0 Å². The molecule has 1 aromatic carbocycles. The maximum Gasteiger partial charge on any atom is 0.321 e.